The number of aromatic nitrogens is 1. The molecule has 0 spiro atoms. The molecule has 9 heteroatoms. The zero-order valence-electron chi connectivity index (χ0n) is 18.6. The minimum absolute atomic E-state index is 0.0268. The van der Waals surface area contributed by atoms with Gasteiger partial charge in [-0.25, -0.2) is 9.78 Å². The monoisotopic (exact) mass is 479 g/mol. The molecule has 4 rings (SSSR count). The lowest BCUT2D eigenvalue weighted by Gasteiger charge is -2.17. The second-order valence-electron chi connectivity index (χ2n) is 8.15. The molecule has 1 aliphatic rings. The number of hydrogen-bond acceptors (Lipinski definition) is 6. The Kier molecular flexibility index (Phi) is 7.22. The lowest BCUT2D eigenvalue weighted by Crippen LogP contribution is -2.37. The summed E-state index contributed by atoms with van der Waals surface area (Å²) >= 11 is 1.29. The van der Waals surface area contributed by atoms with Gasteiger partial charge in [-0.05, 0) is 29.2 Å². The van der Waals surface area contributed by atoms with Gasteiger partial charge < -0.3 is 20.5 Å². The molecular formula is C25H25N3O5S. The average Bonchev–Trinajstić information content (AvgIpc) is 3.38. The van der Waals surface area contributed by atoms with Crippen molar-refractivity contribution in [3.8, 4) is 11.1 Å². The highest BCUT2D eigenvalue weighted by Crippen LogP contribution is 2.44. The summed E-state index contributed by atoms with van der Waals surface area (Å²) in [4.78, 5) is 39.5. The molecule has 3 aromatic rings. The predicted octanol–water partition coefficient (Wildman–Crippen LogP) is 3.70. The van der Waals surface area contributed by atoms with E-state index in [2.05, 4.69) is 39.9 Å². The highest BCUT2D eigenvalue weighted by Gasteiger charge is 2.29. The van der Waals surface area contributed by atoms with Gasteiger partial charge in [0.2, 0.25) is 5.91 Å². The molecule has 0 aliphatic heterocycles. The maximum atomic E-state index is 12.4. The Hall–Kier alpha value is -3.72. The molecule has 0 saturated carbocycles. The maximum absolute atomic E-state index is 12.4. The number of alkyl carbamates (subject to hydrolysis) is 1. The zero-order valence-corrected chi connectivity index (χ0v) is 19.4. The number of aliphatic carboxylic acids is 1. The van der Waals surface area contributed by atoms with Crippen molar-refractivity contribution < 1.29 is 24.2 Å². The van der Waals surface area contributed by atoms with Crippen LogP contribution in [0.5, 0.6) is 0 Å². The number of benzene rings is 2. The lowest BCUT2D eigenvalue weighted by molar-refractivity contribution is -0.136. The average molecular weight is 480 g/mol. The third-order valence-electron chi connectivity index (χ3n) is 5.57. The number of amides is 2. The van der Waals surface area contributed by atoms with Gasteiger partial charge in [0.1, 0.15) is 11.6 Å². The van der Waals surface area contributed by atoms with E-state index < -0.39 is 18.1 Å². The van der Waals surface area contributed by atoms with Crippen LogP contribution in [0.25, 0.3) is 11.1 Å². The standard InChI is InChI=1S/C25H25N3O5S/c1-15(10-22(29)26-12-23-28-16(14-34-23)11-24(30)31)27-25(32)33-13-21-19-8-4-2-6-17(19)18-7-3-5-9-20(18)21/h2-9,14-15,21H,10-13H2,1H3,(H,26,29)(H,27,32)(H,30,31). The number of thiazole rings is 1. The summed E-state index contributed by atoms with van der Waals surface area (Å²) < 4.78 is 5.52. The van der Waals surface area contributed by atoms with Gasteiger partial charge in [0.15, 0.2) is 0 Å². The number of fused-ring (bicyclic) bond motifs is 3. The van der Waals surface area contributed by atoms with Gasteiger partial charge >= 0.3 is 12.1 Å². The number of carboxylic acids is 1. The molecule has 1 aromatic heterocycles. The van der Waals surface area contributed by atoms with Gasteiger partial charge in [-0.3, -0.25) is 9.59 Å². The number of carbonyl (C=O) groups excluding carboxylic acids is 2. The molecule has 0 fully saturated rings. The van der Waals surface area contributed by atoms with E-state index in [1.54, 1.807) is 12.3 Å². The van der Waals surface area contributed by atoms with Crippen LogP contribution in [-0.4, -0.2) is 40.7 Å². The number of carbonyl (C=O) groups is 3. The van der Waals surface area contributed by atoms with Crippen LogP contribution < -0.4 is 10.6 Å². The van der Waals surface area contributed by atoms with Gasteiger partial charge in [0, 0.05) is 23.8 Å². The molecule has 0 bridgehead atoms. The first-order valence-electron chi connectivity index (χ1n) is 10.9. The van der Waals surface area contributed by atoms with Gasteiger partial charge in [-0.2, -0.15) is 0 Å². The Labute approximate surface area is 201 Å². The number of rotatable bonds is 9. The second-order valence-corrected chi connectivity index (χ2v) is 9.10. The van der Waals surface area contributed by atoms with Crippen LogP contribution >= 0.6 is 11.3 Å². The van der Waals surface area contributed by atoms with Gasteiger partial charge in [0.05, 0.1) is 18.7 Å². The molecular weight excluding hydrogens is 454 g/mol. The summed E-state index contributed by atoms with van der Waals surface area (Å²) in [5.74, 6) is -1.23. The fraction of sp³-hybridized carbons (Fsp3) is 0.280. The first-order chi connectivity index (χ1) is 16.4. The first kappa shape index (κ1) is 23.4. The van der Waals surface area contributed by atoms with E-state index in [0.717, 1.165) is 22.3 Å². The summed E-state index contributed by atoms with van der Waals surface area (Å²) in [6.07, 6.45) is -0.635. The van der Waals surface area contributed by atoms with E-state index in [9.17, 15) is 14.4 Å². The van der Waals surface area contributed by atoms with Crippen molar-refractivity contribution in [1.29, 1.82) is 0 Å². The fourth-order valence-electron chi connectivity index (χ4n) is 4.08. The van der Waals surface area contributed by atoms with E-state index in [0.29, 0.717) is 10.7 Å². The van der Waals surface area contributed by atoms with Gasteiger partial charge in [-0.15, -0.1) is 11.3 Å². The maximum Gasteiger partial charge on any atom is 0.407 e. The van der Waals surface area contributed by atoms with E-state index in [1.807, 2.05) is 24.3 Å². The van der Waals surface area contributed by atoms with Gasteiger partial charge in [-0.1, -0.05) is 48.5 Å². The molecule has 1 aliphatic carbocycles. The van der Waals surface area contributed by atoms with Crippen LogP contribution in [0.15, 0.2) is 53.9 Å². The Morgan fingerprint density at radius 2 is 1.74 bits per heavy atom. The van der Waals surface area contributed by atoms with Crippen molar-refractivity contribution in [3.63, 3.8) is 0 Å². The summed E-state index contributed by atoms with van der Waals surface area (Å²) in [5, 5.41) is 16.5. The molecule has 0 saturated heterocycles. The Morgan fingerprint density at radius 3 is 2.38 bits per heavy atom. The molecule has 8 nitrogen and oxygen atoms in total. The van der Waals surface area contributed by atoms with Crippen LogP contribution in [-0.2, 0) is 27.3 Å². The van der Waals surface area contributed by atoms with Gasteiger partial charge in [0.25, 0.3) is 0 Å². The Balaban J connectivity index is 1.23. The minimum atomic E-state index is -0.950. The topological polar surface area (TPSA) is 118 Å². The van der Waals surface area contributed by atoms with E-state index in [1.165, 1.54) is 11.3 Å². The van der Waals surface area contributed by atoms with Crippen molar-refractivity contribution >= 4 is 29.3 Å². The van der Waals surface area contributed by atoms with Crippen molar-refractivity contribution in [1.82, 2.24) is 15.6 Å². The first-order valence-corrected chi connectivity index (χ1v) is 11.8. The number of nitrogens with one attached hydrogen (secondary N) is 2. The fourth-order valence-corrected chi connectivity index (χ4v) is 4.82. The quantitative estimate of drug-likeness (QED) is 0.431. The molecule has 2 aromatic carbocycles. The lowest BCUT2D eigenvalue weighted by atomic mass is 9.98. The van der Waals surface area contributed by atoms with E-state index in [-0.39, 0.29) is 37.8 Å². The predicted molar refractivity (Wildman–Crippen MR) is 128 cm³/mol. The summed E-state index contributed by atoms with van der Waals surface area (Å²) in [5.41, 5.74) is 5.06. The molecule has 3 N–H and O–H groups in total. The number of hydrogen-bond donors (Lipinski definition) is 3. The van der Waals surface area contributed by atoms with Crippen LogP contribution in [0.3, 0.4) is 0 Å². The smallest absolute Gasteiger partial charge is 0.407 e. The minimum Gasteiger partial charge on any atom is -0.481 e. The molecule has 176 valence electrons. The highest BCUT2D eigenvalue weighted by molar-refractivity contribution is 7.09. The molecule has 34 heavy (non-hydrogen) atoms. The summed E-state index contributed by atoms with van der Waals surface area (Å²) in [7, 11) is 0. The number of nitrogens with zero attached hydrogens (tertiary/aromatic N) is 1. The SMILES string of the molecule is CC(CC(=O)NCc1nc(CC(=O)O)cs1)NC(=O)OCC1c2ccccc2-c2ccccc21. The van der Waals surface area contributed by atoms with Crippen molar-refractivity contribution in [3.05, 3.63) is 75.7 Å². The third kappa shape index (κ3) is 5.60. The van der Waals surface area contributed by atoms with Crippen molar-refractivity contribution in [2.24, 2.45) is 0 Å². The molecule has 2 amide bonds. The number of ether oxygens (including phenoxy) is 1. The molecule has 0 radical (unpaired) electrons. The van der Waals surface area contributed by atoms with Crippen LogP contribution in [0.4, 0.5) is 4.79 Å². The highest BCUT2D eigenvalue weighted by atomic mass is 32.1. The summed E-state index contributed by atoms with van der Waals surface area (Å²) in [6, 6.07) is 15.8. The van der Waals surface area contributed by atoms with Crippen LogP contribution in [0.2, 0.25) is 0 Å². The van der Waals surface area contributed by atoms with Crippen LogP contribution in [0, 0.1) is 0 Å². The molecule has 1 unspecified atom stereocenters. The van der Waals surface area contributed by atoms with Crippen molar-refractivity contribution in [2.45, 2.75) is 38.3 Å². The van der Waals surface area contributed by atoms with Crippen LogP contribution in [0.1, 0.15) is 41.1 Å². The Bertz CT molecular complexity index is 1160. The second kappa shape index (κ2) is 10.5. The van der Waals surface area contributed by atoms with Crippen molar-refractivity contribution in [2.75, 3.05) is 6.61 Å². The normalized spacial score (nSPS) is 13.0. The van der Waals surface area contributed by atoms with E-state index in [4.69, 9.17) is 9.84 Å². The van der Waals surface area contributed by atoms with E-state index >= 15 is 0 Å². The third-order valence-corrected chi connectivity index (χ3v) is 6.47. The number of carboxylic acid groups (broad SMARTS) is 1. The molecule has 1 atom stereocenters. The Morgan fingerprint density at radius 1 is 1.09 bits per heavy atom. The molecule has 1 heterocycles. The summed E-state index contributed by atoms with van der Waals surface area (Å²) in [6.45, 7) is 2.15. The largest absolute Gasteiger partial charge is 0.481 e. The zero-order chi connectivity index (χ0) is 24.1.